The zero-order valence-electron chi connectivity index (χ0n) is 11.5. The minimum absolute atomic E-state index is 0.0589. The first-order valence-electron chi connectivity index (χ1n) is 6.77. The van der Waals surface area contributed by atoms with Gasteiger partial charge in [0.05, 0.1) is 6.04 Å². The molecule has 0 aromatic carbocycles. The number of amides is 1. The lowest BCUT2D eigenvalue weighted by Crippen LogP contribution is -2.60. The first-order chi connectivity index (χ1) is 8.40. The summed E-state index contributed by atoms with van der Waals surface area (Å²) in [5, 5.41) is 12.7. The number of carbonyl (C=O) groups is 1. The second kappa shape index (κ2) is 5.05. The van der Waals surface area contributed by atoms with Gasteiger partial charge in [0.2, 0.25) is 0 Å². The van der Waals surface area contributed by atoms with Gasteiger partial charge in [-0.1, -0.05) is 0 Å². The summed E-state index contributed by atoms with van der Waals surface area (Å²) in [4.78, 5) is 14.0. The van der Waals surface area contributed by atoms with Crippen molar-refractivity contribution in [2.75, 3.05) is 13.2 Å². The van der Waals surface area contributed by atoms with E-state index in [0.29, 0.717) is 25.0 Å². The smallest absolute Gasteiger partial charge is 0.410 e. The van der Waals surface area contributed by atoms with Crippen molar-refractivity contribution in [3.63, 3.8) is 0 Å². The SMILES string of the molecule is CC(C)(C)OC(=O)N1C[C@@H]2CC[C@@H](N2)[C@H]1CCO. The van der Waals surface area contributed by atoms with E-state index in [1.54, 1.807) is 4.90 Å². The van der Waals surface area contributed by atoms with Gasteiger partial charge in [0, 0.05) is 25.2 Å². The number of aliphatic hydroxyl groups excluding tert-OH is 1. The summed E-state index contributed by atoms with van der Waals surface area (Å²) in [5.74, 6) is 0. The van der Waals surface area contributed by atoms with Crippen LogP contribution in [0.15, 0.2) is 0 Å². The highest BCUT2D eigenvalue weighted by molar-refractivity contribution is 5.69. The van der Waals surface area contributed by atoms with Crippen LogP contribution in [-0.2, 0) is 4.74 Å². The number of aliphatic hydroxyl groups is 1. The molecule has 2 aliphatic rings. The van der Waals surface area contributed by atoms with Crippen molar-refractivity contribution in [1.82, 2.24) is 10.2 Å². The summed E-state index contributed by atoms with van der Waals surface area (Å²) in [7, 11) is 0. The molecule has 0 spiro atoms. The molecule has 3 atom stereocenters. The highest BCUT2D eigenvalue weighted by atomic mass is 16.6. The molecule has 2 rings (SSSR count). The van der Waals surface area contributed by atoms with Gasteiger partial charge < -0.3 is 20.1 Å². The number of nitrogens with zero attached hydrogens (tertiary/aromatic N) is 1. The second-order valence-corrected chi connectivity index (χ2v) is 6.26. The zero-order chi connectivity index (χ0) is 13.3. The van der Waals surface area contributed by atoms with Gasteiger partial charge in [-0.15, -0.1) is 0 Å². The van der Waals surface area contributed by atoms with Crippen molar-refractivity contribution < 1.29 is 14.6 Å². The van der Waals surface area contributed by atoms with E-state index in [9.17, 15) is 9.90 Å². The predicted octanol–water partition coefficient (Wildman–Crippen LogP) is 1.11. The lowest BCUT2D eigenvalue weighted by atomic mass is 10.0. The third-order valence-corrected chi connectivity index (χ3v) is 3.61. The van der Waals surface area contributed by atoms with E-state index in [1.165, 1.54) is 0 Å². The number of carbonyl (C=O) groups excluding carboxylic acids is 1. The molecule has 0 saturated carbocycles. The molecule has 0 aromatic heterocycles. The molecule has 2 aliphatic heterocycles. The van der Waals surface area contributed by atoms with Gasteiger partial charge in [-0.3, -0.25) is 0 Å². The Hall–Kier alpha value is -0.810. The average molecular weight is 256 g/mol. The molecule has 2 fully saturated rings. The standard InChI is InChI=1S/C13H24N2O3/c1-13(2,3)18-12(17)15-8-9-4-5-10(14-9)11(15)6-7-16/h9-11,14,16H,4-8H2,1-3H3/t9-,10+,11+/m0/s1. The van der Waals surface area contributed by atoms with Crippen LogP contribution < -0.4 is 5.32 Å². The van der Waals surface area contributed by atoms with Gasteiger partial charge >= 0.3 is 6.09 Å². The fourth-order valence-electron chi connectivity index (χ4n) is 2.91. The van der Waals surface area contributed by atoms with Crippen LogP contribution in [-0.4, -0.2) is 53.0 Å². The Bertz CT molecular complexity index is 314. The first kappa shape index (κ1) is 13.6. The fourth-order valence-corrected chi connectivity index (χ4v) is 2.91. The van der Waals surface area contributed by atoms with Crippen molar-refractivity contribution in [3.8, 4) is 0 Å². The lowest BCUT2D eigenvalue weighted by Gasteiger charge is -2.41. The number of rotatable bonds is 2. The van der Waals surface area contributed by atoms with E-state index >= 15 is 0 Å². The van der Waals surface area contributed by atoms with Crippen LogP contribution in [0.3, 0.4) is 0 Å². The number of likely N-dealkylation sites (tertiary alicyclic amines) is 1. The third kappa shape index (κ3) is 2.95. The summed E-state index contributed by atoms with van der Waals surface area (Å²) in [6, 6.07) is 0.754. The van der Waals surface area contributed by atoms with Crippen LogP contribution in [0.25, 0.3) is 0 Å². The minimum Gasteiger partial charge on any atom is -0.444 e. The van der Waals surface area contributed by atoms with Crippen molar-refractivity contribution in [1.29, 1.82) is 0 Å². The van der Waals surface area contributed by atoms with Crippen LogP contribution in [0.5, 0.6) is 0 Å². The summed E-state index contributed by atoms with van der Waals surface area (Å²) < 4.78 is 5.46. The quantitative estimate of drug-likeness (QED) is 0.777. The van der Waals surface area contributed by atoms with Gasteiger partial charge in [0.1, 0.15) is 5.60 Å². The molecule has 2 bridgehead atoms. The molecule has 0 unspecified atom stereocenters. The maximum Gasteiger partial charge on any atom is 0.410 e. The van der Waals surface area contributed by atoms with Crippen LogP contribution >= 0.6 is 0 Å². The average Bonchev–Trinajstić information content (AvgIpc) is 2.63. The maximum atomic E-state index is 12.2. The number of nitrogens with one attached hydrogen (secondary N) is 1. The summed E-state index contributed by atoms with van der Waals surface area (Å²) >= 11 is 0. The summed E-state index contributed by atoms with van der Waals surface area (Å²) in [6.45, 7) is 6.43. The maximum absolute atomic E-state index is 12.2. The Morgan fingerprint density at radius 1 is 1.44 bits per heavy atom. The molecule has 5 heteroatoms. The van der Waals surface area contributed by atoms with E-state index in [1.807, 2.05) is 20.8 Å². The van der Waals surface area contributed by atoms with Crippen molar-refractivity contribution in [2.24, 2.45) is 0 Å². The molecule has 2 heterocycles. The highest BCUT2D eigenvalue weighted by Gasteiger charge is 2.42. The lowest BCUT2D eigenvalue weighted by molar-refractivity contribution is 0.00221. The largest absolute Gasteiger partial charge is 0.444 e. The van der Waals surface area contributed by atoms with Crippen molar-refractivity contribution >= 4 is 6.09 Å². The zero-order valence-corrected chi connectivity index (χ0v) is 11.5. The van der Waals surface area contributed by atoms with Gasteiger partial charge in [0.25, 0.3) is 0 Å². The third-order valence-electron chi connectivity index (χ3n) is 3.61. The Morgan fingerprint density at radius 3 is 2.78 bits per heavy atom. The fraction of sp³-hybridized carbons (Fsp3) is 0.923. The Kier molecular flexibility index (Phi) is 3.82. The van der Waals surface area contributed by atoms with E-state index in [4.69, 9.17) is 4.74 Å². The Labute approximate surface area is 108 Å². The molecular weight excluding hydrogens is 232 g/mol. The van der Waals surface area contributed by atoms with Gasteiger partial charge in [-0.2, -0.15) is 0 Å². The number of hydrogen-bond acceptors (Lipinski definition) is 4. The van der Waals surface area contributed by atoms with E-state index < -0.39 is 5.60 Å². The molecule has 0 aromatic rings. The predicted molar refractivity (Wildman–Crippen MR) is 68.4 cm³/mol. The van der Waals surface area contributed by atoms with Gasteiger partial charge in [-0.25, -0.2) is 4.79 Å². The topological polar surface area (TPSA) is 61.8 Å². The molecule has 2 saturated heterocycles. The van der Waals surface area contributed by atoms with Crippen molar-refractivity contribution in [3.05, 3.63) is 0 Å². The van der Waals surface area contributed by atoms with Crippen molar-refractivity contribution in [2.45, 2.75) is 63.8 Å². The Morgan fingerprint density at radius 2 is 2.17 bits per heavy atom. The van der Waals surface area contributed by atoms with E-state index in [2.05, 4.69) is 5.32 Å². The number of ether oxygens (including phenoxy) is 1. The van der Waals surface area contributed by atoms with Crippen LogP contribution in [0, 0.1) is 0 Å². The van der Waals surface area contributed by atoms with E-state index in [-0.39, 0.29) is 18.7 Å². The molecule has 0 radical (unpaired) electrons. The summed E-state index contributed by atoms with van der Waals surface area (Å²) in [5.41, 5.74) is -0.467. The molecule has 1 amide bonds. The second-order valence-electron chi connectivity index (χ2n) is 6.26. The van der Waals surface area contributed by atoms with Crippen LogP contribution in [0.4, 0.5) is 4.79 Å². The Balaban J connectivity index is 2.06. The molecule has 0 aliphatic carbocycles. The molecular formula is C13H24N2O3. The number of fused-ring (bicyclic) bond motifs is 2. The minimum atomic E-state index is -0.467. The van der Waals surface area contributed by atoms with Crippen LogP contribution in [0.2, 0.25) is 0 Å². The van der Waals surface area contributed by atoms with E-state index in [0.717, 1.165) is 12.8 Å². The van der Waals surface area contributed by atoms with Crippen LogP contribution in [0.1, 0.15) is 40.0 Å². The number of piperazine rings is 1. The highest BCUT2D eigenvalue weighted by Crippen LogP contribution is 2.28. The first-order valence-corrected chi connectivity index (χ1v) is 6.77. The molecule has 5 nitrogen and oxygen atoms in total. The number of hydrogen-bond donors (Lipinski definition) is 2. The monoisotopic (exact) mass is 256 g/mol. The molecule has 104 valence electrons. The normalized spacial score (nSPS) is 31.6. The van der Waals surface area contributed by atoms with Gasteiger partial charge in [0.15, 0.2) is 0 Å². The molecule has 18 heavy (non-hydrogen) atoms. The summed E-state index contributed by atoms with van der Waals surface area (Å²) in [6.07, 6.45) is 2.55. The molecule has 2 N–H and O–H groups in total. The van der Waals surface area contributed by atoms with Gasteiger partial charge in [-0.05, 0) is 40.0 Å².